The van der Waals surface area contributed by atoms with Gasteiger partial charge in [0, 0.05) is 30.8 Å². The summed E-state index contributed by atoms with van der Waals surface area (Å²) in [7, 11) is 1.55. The first-order valence-electron chi connectivity index (χ1n) is 10.2. The summed E-state index contributed by atoms with van der Waals surface area (Å²) in [6.07, 6.45) is -1.37. The number of aromatic nitrogens is 3. The van der Waals surface area contributed by atoms with Crippen LogP contribution < -0.4 is 14.8 Å². The molecule has 0 amide bonds. The van der Waals surface area contributed by atoms with E-state index in [0.717, 1.165) is 31.7 Å². The molecule has 1 saturated heterocycles. The van der Waals surface area contributed by atoms with Crippen molar-refractivity contribution < 1.29 is 27.4 Å². The molecule has 1 aliphatic heterocycles. The maximum absolute atomic E-state index is 13.0. The van der Waals surface area contributed by atoms with Crippen LogP contribution in [-0.4, -0.2) is 41.4 Å². The van der Waals surface area contributed by atoms with E-state index < -0.39 is 11.9 Å². The molecule has 4 rings (SSSR count). The van der Waals surface area contributed by atoms with Crippen molar-refractivity contribution in [3.05, 3.63) is 47.5 Å². The second-order valence-electron chi connectivity index (χ2n) is 7.49. The zero-order valence-corrected chi connectivity index (χ0v) is 17.7. The molecule has 1 fully saturated rings. The van der Waals surface area contributed by atoms with Gasteiger partial charge >= 0.3 is 6.18 Å². The van der Waals surface area contributed by atoms with Gasteiger partial charge in [0.1, 0.15) is 23.9 Å². The molecule has 0 aliphatic carbocycles. The summed E-state index contributed by atoms with van der Waals surface area (Å²) in [5.74, 6) is 2.06. The molecule has 10 heteroatoms. The average Bonchev–Trinajstić information content (AvgIpc) is 3.28. The number of nitrogens with one attached hydrogen (secondary N) is 1. The highest BCUT2D eigenvalue weighted by Gasteiger charge is 2.32. The van der Waals surface area contributed by atoms with Gasteiger partial charge in [0.2, 0.25) is 0 Å². The van der Waals surface area contributed by atoms with Crippen LogP contribution in [0.3, 0.4) is 0 Å². The zero-order chi connectivity index (χ0) is 22.7. The van der Waals surface area contributed by atoms with Crippen molar-refractivity contribution in [2.45, 2.75) is 38.6 Å². The van der Waals surface area contributed by atoms with Crippen molar-refractivity contribution in [1.29, 1.82) is 0 Å². The lowest BCUT2D eigenvalue weighted by Crippen LogP contribution is -2.16. The molecule has 1 atom stereocenters. The summed E-state index contributed by atoms with van der Waals surface area (Å²) in [5, 5.41) is 3.79. The predicted molar refractivity (Wildman–Crippen MR) is 112 cm³/mol. The van der Waals surface area contributed by atoms with Crippen LogP contribution in [0.5, 0.6) is 11.5 Å². The van der Waals surface area contributed by atoms with Crippen LogP contribution in [0, 0.1) is 6.92 Å². The summed E-state index contributed by atoms with van der Waals surface area (Å²) in [6, 6.07) is 6.08. The Hall–Kier alpha value is -3.14. The van der Waals surface area contributed by atoms with Crippen LogP contribution in [0.25, 0.3) is 10.9 Å². The fourth-order valence-corrected chi connectivity index (χ4v) is 3.54. The molecular formula is C22H23F3N4O3. The van der Waals surface area contributed by atoms with E-state index >= 15 is 0 Å². The third kappa shape index (κ3) is 5.01. The SMILES string of the molecule is COc1cc2nc(C)nc(NCc3ccnc(C(F)(F)F)c3)c2cc1OC[C@H]1CCCO1. The van der Waals surface area contributed by atoms with Gasteiger partial charge in [0.25, 0.3) is 0 Å². The average molecular weight is 448 g/mol. The number of pyridine rings is 1. The number of benzene rings is 1. The van der Waals surface area contributed by atoms with Gasteiger partial charge in [0.05, 0.1) is 18.7 Å². The number of hydrogen-bond donors (Lipinski definition) is 1. The fourth-order valence-electron chi connectivity index (χ4n) is 3.54. The molecule has 1 N–H and O–H groups in total. The Balaban J connectivity index is 1.61. The Bertz CT molecular complexity index is 1100. The highest BCUT2D eigenvalue weighted by molar-refractivity contribution is 5.91. The van der Waals surface area contributed by atoms with E-state index in [1.54, 1.807) is 26.2 Å². The molecule has 0 saturated carbocycles. The van der Waals surface area contributed by atoms with E-state index in [4.69, 9.17) is 14.2 Å². The molecule has 3 aromatic rings. The predicted octanol–water partition coefficient (Wildman–Crippen LogP) is 4.53. The molecular weight excluding hydrogens is 425 g/mol. The highest BCUT2D eigenvalue weighted by atomic mass is 19.4. The quantitative estimate of drug-likeness (QED) is 0.569. The minimum atomic E-state index is -4.50. The number of nitrogens with zero attached hydrogens (tertiary/aromatic N) is 3. The zero-order valence-electron chi connectivity index (χ0n) is 17.7. The Morgan fingerprint density at radius 2 is 2.03 bits per heavy atom. The number of anilines is 1. The second-order valence-corrected chi connectivity index (χ2v) is 7.49. The van der Waals surface area contributed by atoms with Crippen LogP contribution in [0.15, 0.2) is 30.5 Å². The first-order valence-corrected chi connectivity index (χ1v) is 10.2. The Morgan fingerprint density at radius 1 is 1.19 bits per heavy atom. The summed E-state index contributed by atoms with van der Waals surface area (Å²) in [6.45, 7) is 3.01. The van der Waals surface area contributed by atoms with Gasteiger partial charge in [-0.2, -0.15) is 13.2 Å². The normalized spacial score (nSPS) is 16.3. The standard InChI is InChI=1S/C22H23F3N4O3/c1-13-28-17-10-18(30-2)19(32-12-15-4-3-7-31-15)9-16(17)21(29-13)27-11-14-5-6-26-20(8-14)22(23,24)25/h5-6,8-10,15H,3-4,7,11-12H2,1-2H3,(H,27,28,29)/t15-/m1/s1. The Kier molecular flexibility index (Phi) is 6.31. The number of hydrogen-bond acceptors (Lipinski definition) is 7. The largest absolute Gasteiger partial charge is 0.493 e. The van der Waals surface area contributed by atoms with Crippen LogP contribution in [0.2, 0.25) is 0 Å². The van der Waals surface area contributed by atoms with Crippen LogP contribution in [0.1, 0.15) is 29.9 Å². The fraction of sp³-hybridized carbons (Fsp3) is 0.409. The molecule has 0 bridgehead atoms. The van der Waals surface area contributed by atoms with Crippen molar-refractivity contribution in [3.8, 4) is 11.5 Å². The molecule has 0 spiro atoms. The van der Waals surface area contributed by atoms with E-state index in [9.17, 15) is 13.2 Å². The van der Waals surface area contributed by atoms with Gasteiger partial charge in [-0.3, -0.25) is 4.98 Å². The topological polar surface area (TPSA) is 78.4 Å². The molecule has 32 heavy (non-hydrogen) atoms. The number of aryl methyl sites for hydroxylation is 1. The lowest BCUT2D eigenvalue weighted by molar-refractivity contribution is -0.141. The number of alkyl halides is 3. The highest BCUT2D eigenvalue weighted by Crippen LogP contribution is 2.35. The lowest BCUT2D eigenvalue weighted by atomic mass is 10.2. The summed E-state index contributed by atoms with van der Waals surface area (Å²) >= 11 is 0. The minimum absolute atomic E-state index is 0.0387. The summed E-state index contributed by atoms with van der Waals surface area (Å²) < 4.78 is 55.9. The molecule has 0 unspecified atom stereocenters. The van der Waals surface area contributed by atoms with Crippen molar-refractivity contribution >= 4 is 16.7 Å². The van der Waals surface area contributed by atoms with E-state index in [0.29, 0.717) is 46.2 Å². The maximum Gasteiger partial charge on any atom is 0.433 e. The van der Waals surface area contributed by atoms with Gasteiger partial charge in [0.15, 0.2) is 11.5 Å². The smallest absolute Gasteiger partial charge is 0.433 e. The molecule has 1 aliphatic rings. The molecule has 0 radical (unpaired) electrons. The van der Waals surface area contributed by atoms with Crippen LogP contribution in [0.4, 0.5) is 19.0 Å². The van der Waals surface area contributed by atoms with E-state index in [1.807, 2.05) is 0 Å². The molecule has 1 aromatic carbocycles. The number of halogens is 3. The van der Waals surface area contributed by atoms with Crippen molar-refractivity contribution in [2.24, 2.45) is 0 Å². The monoisotopic (exact) mass is 448 g/mol. The number of fused-ring (bicyclic) bond motifs is 1. The van der Waals surface area contributed by atoms with Crippen molar-refractivity contribution in [1.82, 2.24) is 15.0 Å². The van der Waals surface area contributed by atoms with E-state index in [-0.39, 0.29) is 12.6 Å². The van der Waals surface area contributed by atoms with Gasteiger partial charge in [-0.05, 0) is 43.5 Å². The van der Waals surface area contributed by atoms with E-state index in [2.05, 4.69) is 20.3 Å². The Morgan fingerprint density at radius 3 is 2.75 bits per heavy atom. The van der Waals surface area contributed by atoms with Gasteiger partial charge in [-0.15, -0.1) is 0 Å². The third-order valence-corrected chi connectivity index (χ3v) is 5.12. The van der Waals surface area contributed by atoms with Crippen molar-refractivity contribution in [2.75, 3.05) is 25.6 Å². The number of rotatable bonds is 7. The molecule has 2 aromatic heterocycles. The molecule has 3 heterocycles. The second kappa shape index (κ2) is 9.15. The van der Waals surface area contributed by atoms with Gasteiger partial charge < -0.3 is 19.5 Å². The first-order chi connectivity index (χ1) is 15.3. The first kappa shape index (κ1) is 22.1. The maximum atomic E-state index is 13.0. The molecule has 170 valence electrons. The number of ether oxygens (including phenoxy) is 3. The van der Waals surface area contributed by atoms with Crippen molar-refractivity contribution in [3.63, 3.8) is 0 Å². The van der Waals surface area contributed by atoms with Gasteiger partial charge in [-0.1, -0.05) is 0 Å². The lowest BCUT2D eigenvalue weighted by Gasteiger charge is -2.16. The van der Waals surface area contributed by atoms with Gasteiger partial charge in [-0.25, -0.2) is 9.97 Å². The number of methoxy groups -OCH3 is 1. The van der Waals surface area contributed by atoms with E-state index in [1.165, 1.54) is 6.07 Å². The Labute approximate surface area is 182 Å². The summed E-state index contributed by atoms with van der Waals surface area (Å²) in [4.78, 5) is 12.3. The minimum Gasteiger partial charge on any atom is -0.493 e. The third-order valence-electron chi connectivity index (χ3n) is 5.12. The molecule has 7 nitrogen and oxygen atoms in total. The van der Waals surface area contributed by atoms with Crippen LogP contribution in [-0.2, 0) is 17.5 Å². The van der Waals surface area contributed by atoms with Crippen LogP contribution >= 0.6 is 0 Å². The summed E-state index contributed by atoms with van der Waals surface area (Å²) in [5.41, 5.74) is 0.127.